The van der Waals surface area contributed by atoms with Gasteiger partial charge in [-0.2, -0.15) is 0 Å². The van der Waals surface area contributed by atoms with E-state index in [9.17, 15) is 4.79 Å². The predicted octanol–water partition coefficient (Wildman–Crippen LogP) is 2.11. The van der Waals surface area contributed by atoms with Crippen LogP contribution in [-0.2, 0) is 11.2 Å². The van der Waals surface area contributed by atoms with E-state index < -0.39 is 5.97 Å². The molecule has 0 aliphatic heterocycles. The number of hydrogen-bond acceptors (Lipinski definition) is 2. The number of aliphatic carboxylic acids is 1. The molecule has 0 bridgehead atoms. The minimum atomic E-state index is -0.832. The predicted molar refractivity (Wildman–Crippen MR) is 60.9 cm³/mol. The molecule has 0 fully saturated rings. The van der Waals surface area contributed by atoms with Crippen LogP contribution in [-0.4, -0.2) is 23.2 Å². The number of aromatic nitrogens is 1. The highest BCUT2D eigenvalue weighted by Crippen LogP contribution is 2.27. The summed E-state index contributed by atoms with van der Waals surface area (Å²) < 4.78 is 5.17. The number of fused-ring (bicyclic) bond motifs is 1. The van der Waals surface area contributed by atoms with Crippen LogP contribution in [0.15, 0.2) is 18.3 Å². The number of benzene rings is 1. The Balaban J connectivity index is 2.60. The number of carboxylic acids is 1. The van der Waals surface area contributed by atoms with Crippen LogP contribution in [0.4, 0.5) is 0 Å². The second-order valence-corrected chi connectivity index (χ2v) is 3.75. The fourth-order valence-corrected chi connectivity index (χ4v) is 1.86. The number of aromatic amines is 1. The molecular weight excluding hydrogens is 206 g/mol. The normalized spacial score (nSPS) is 10.6. The van der Waals surface area contributed by atoms with E-state index in [2.05, 4.69) is 4.98 Å². The monoisotopic (exact) mass is 219 g/mol. The lowest BCUT2D eigenvalue weighted by Crippen LogP contribution is -1.98. The number of nitrogens with one attached hydrogen (secondary N) is 1. The van der Waals surface area contributed by atoms with Crippen molar-refractivity contribution >= 4 is 16.9 Å². The van der Waals surface area contributed by atoms with Crippen LogP contribution < -0.4 is 4.74 Å². The van der Waals surface area contributed by atoms with Crippen LogP contribution >= 0.6 is 0 Å². The molecular formula is C12H13NO3. The van der Waals surface area contributed by atoms with Crippen LogP contribution in [0.1, 0.15) is 11.1 Å². The van der Waals surface area contributed by atoms with Gasteiger partial charge in [0.2, 0.25) is 0 Å². The largest absolute Gasteiger partial charge is 0.497 e. The second kappa shape index (κ2) is 3.89. The molecule has 0 unspecified atom stereocenters. The minimum absolute atomic E-state index is 0.0204. The maximum Gasteiger partial charge on any atom is 0.307 e. The summed E-state index contributed by atoms with van der Waals surface area (Å²) in [5.41, 5.74) is 2.80. The maximum atomic E-state index is 10.7. The lowest BCUT2D eigenvalue weighted by Gasteiger charge is -2.03. The molecule has 2 rings (SSSR count). The van der Waals surface area contributed by atoms with Gasteiger partial charge in [0, 0.05) is 17.1 Å². The van der Waals surface area contributed by atoms with Crippen molar-refractivity contribution in [3.8, 4) is 5.75 Å². The number of methoxy groups -OCH3 is 1. The molecule has 0 saturated carbocycles. The van der Waals surface area contributed by atoms with E-state index in [4.69, 9.17) is 9.84 Å². The third kappa shape index (κ3) is 1.74. The second-order valence-electron chi connectivity index (χ2n) is 3.75. The Kier molecular flexibility index (Phi) is 2.56. The number of carbonyl (C=O) groups is 1. The van der Waals surface area contributed by atoms with Crippen molar-refractivity contribution in [1.29, 1.82) is 0 Å². The third-order valence-corrected chi connectivity index (χ3v) is 2.62. The molecule has 0 radical (unpaired) electrons. The molecule has 84 valence electrons. The molecule has 1 aromatic heterocycles. The number of hydrogen-bond donors (Lipinski definition) is 2. The van der Waals surface area contributed by atoms with Gasteiger partial charge in [-0.1, -0.05) is 0 Å². The number of H-pyrrole nitrogens is 1. The Labute approximate surface area is 92.9 Å². The number of carboxylic acid groups (broad SMARTS) is 1. The van der Waals surface area contributed by atoms with Gasteiger partial charge in [-0.05, 0) is 30.2 Å². The molecule has 1 aromatic carbocycles. The Morgan fingerprint density at radius 3 is 2.88 bits per heavy atom. The summed E-state index contributed by atoms with van der Waals surface area (Å²) in [4.78, 5) is 13.8. The lowest BCUT2D eigenvalue weighted by molar-refractivity contribution is -0.136. The average Bonchev–Trinajstić information content (AvgIpc) is 2.61. The van der Waals surface area contributed by atoms with E-state index in [1.807, 2.05) is 19.1 Å². The summed E-state index contributed by atoms with van der Waals surface area (Å²) in [5, 5.41) is 9.71. The SMILES string of the molecule is COc1cc(C)c2[nH]cc(CC(=O)O)c2c1. The minimum Gasteiger partial charge on any atom is -0.497 e. The molecule has 2 aromatic rings. The lowest BCUT2D eigenvalue weighted by atomic mass is 10.1. The molecule has 16 heavy (non-hydrogen) atoms. The van der Waals surface area contributed by atoms with Crippen LogP contribution in [0.2, 0.25) is 0 Å². The average molecular weight is 219 g/mol. The fourth-order valence-electron chi connectivity index (χ4n) is 1.86. The zero-order valence-corrected chi connectivity index (χ0v) is 9.20. The standard InChI is InChI=1S/C12H13NO3/c1-7-3-9(16-2)5-10-8(4-11(14)15)6-13-12(7)10/h3,5-6,13H,4H2,1-2H3,(H,14,15). The van der Waals surface area contributed by atoms with E-state index in [0.29, 0.717) is 0 Å². The Hall–Kier alpha value is -1.97. The van der Waals surface area contributed by atoms with Gasteiger partial charge in [0.1, 0.15) is 5.75 Å². The van der Waals surface area contributed by atoms with Gasteiger partial charge >= 0.3 is 5.97 Å². The molecule has 0 aliphatic rings. The summed E-state index contributed by atoms with van der Waals surface area (Å²) in [5.74, 6) is -0.0855. The summed E-state index contributed by atoms with van der Waals surface area (Å²) in [6.07, 6.45) is 1.76. The Morgan fingerprint density at radius 2 is 2.25 bits per heavy atom. The third-order valence-electron chi connectivity index (χ3n) is 2.62. The summed E-state index contributed by atoms with van der Waals surface area (Å²) >= 11 is 0. The summed E-state index contributed by atoms with van der Waals surface area (Å²) in [6, 6.07) is 3.78. The van der Waals surface area contributed by atoms with Gasteiger partial charge in [0.05, 0.1) is 13.5 Å². The molecule has 0 aliphatic carbocycles. The van der Waals surface area contributed by atoms with Crippen LogP contribution in [0.3, 0.4) is 0 Å². The van der Waals surface area contributed by atoms with Gasteiger partial charge in [-0.3, -0.25) is 4.79 Å². The molecule has 0 spiro atoms. The first-order valence-corrected chi connectivity index (χ1v) is 4.98. The highest BCUT2D eigenvalue weighted by Gasteiger charge is 2.10. The maximum absolute atomic E-state index is 10.7. The summed E-state index contributed by atoms with van der Waals surface area (Å²) in [7, 11) is 1.60. The molecule has 4 nitrogen and oxygen atoms in total. The summed E-state index contributed by atoms with van der Waals surface area (Å²) in [6.45, 7) is 1.96. The van der Waals surface area contributed by atoms with Gasteiger partial charge in [0.25, 0.3) is 0 Å². The quantitative estimate of drug-likeness (QED) is 0.831. The van der Waals surface area contributed by atoms with Crippen LogP contribution in [0.5, 0.6) is 5.75 Å². The van der Waals surface area contributed by atoms with Gasteiger partial charge < -0.3 is 14.8 Å². The zero-order chi connectivity index (χ0) is 11.7. The topological polar surface area (TPSA) is 62.3 Å². The van der Waals surface area contributed by atoms with Gasteiger partial charge in [0.15, 0.2) is 0 Å². The van der Waals surface area contributed by atoms with Crippen molar-refractivity contribution in [3.63, 3.8) is 0 Å². The van der Waals surface area contributed by atoms with E-state index >= 15 is 0 Å². The highest BCUT2D eigenvalue weighted by molar-refractivity contribution is 5.90. The first-order valence-electron chi connectivity index (χ1n) is 4.98. The van der Waals surface area contributed by atoms with E-state index in [1.54, 1.807) is 13.3 Å². The van der Waals surface area contributed by atoms with Gasteiger partial charge in [-0.15, -0.1) is 0 Å². The van der Waals surface area contributed by atoms with Crippen molar-refractivity contribution in [1.82, 2.24) is 4.98 Å². The van der Waals surface area contributed by atoms with Crippen molar-refractivity contribution in [3.05, 3.63) is 29.5 Å². The molecule has 4 heteroatoms. The van der Waals surface area contributed by atoms with Crippen molar-refractivity contribution in [2.24, 2.45) is 0 Å². The highest BCUT2D eigenvalue weighted by atomic mass is 16.5. The fraction of sp³-hybridized carbons (Fsp3) is 0.250. The van der Waals surface area contributed by atoms with Crippen molar-refractivity contribution < 1.29 is 14.6 Å². The number of rotatable bonds is 3. The Morgan fingerprint density at radius 1 is 1.50 bits per heavy atom. The smallest absolute Gasteiger partial charge is 0.307 e. The van der Waals surface area contributed by atoms with Crippen molar-refractivity contribution in [2.45, 2.75) is 13.3 Å². The van der Waals surface area contributed by atoms with E-state index in [1.165, 1.54) is 0 Å². The molecule has 0 atom stereocenters. The van der Waals surface area contributed by atoms with Crippen LogP contribution in [0.25, 0.3) is 10.9 Å². The molecule has 1 heterocycles. The molecule has 2 N–H and O–H groups in total. The van der Waals surface area contributed by atoms with Crippen LogP contribution in [0, 0.1) is 6.92 Å². The number of ether oxygens (including phenoxy) is 1. The molecule has 0 saturated heterocycles. The first kappa shape index (κ1) is 10.5. The van der Waals surface area contributed by atoms with E-state index in [0.717, 1.165) is 27.8 Å². The van der Waals surface area contributed by atoms with Gasteiger partial charge in [-0.25, -0.2) is 0 Å². The molecule has 0 amide bonds. The zero-order valence-electron chi connectivity index (χ0n) is 9.20. The Bertz CT molecular complexity index is 542. The number of aryl methyl sites for hydroxylation is 1. The van der Waals surface area contributed by atoms with E-state index in [-0.39, 0.29) is 6.42 Å². The first-order chi connectivity index (χ1) is 7.61. The van der Waals surface area contributed by atoms with Crippen molar-refractivity contribution in [2.75, 3.05) is 7.11 Å².